The van der Waals surface area contributed by atoms with E-state index in [-0.39, 0.29) is 11.7 Å². The first-order valence-electron chi connectivity index (χ1n) is 4.74. The molecule has 0 spiro atoms. The van der Waals surface area contributed by atoms with Gasteiger partial charge in [-0.3, -0.25) is 0 Å². The van der Waals surface area contributed by atoms with E-state index in [1.54, 1.807) is 18.2 Å². The summed E-state index contributed by atoms with van der Waals surface area (Å²) in [5.41, 5.74) is 7.12. The number of rotatable bonds is 1. The fourth-order valence-electron chi connectivity index (χ4n) is 1.67. The zero-order valence-electron chi connectivity index (χ0n) is 8.20. The molecular weight excluding hydrogens is 209 g/mol. The summed E-state index contributed by atoms with van der Waals surface area (Å²) < 4.78 is 18.2. The Morgan fingerprint density at radius 2 is 2.19 bits per heavy atom. The molecule has 3 N–H and O–H groups in total. The average Bonchev–Trinajstić information content (AvgIpc) is 2.84. The standard InChI is InChI=1S/C11H8FN3O/c12-7-3-1-2-6-4-8(14-11(6)7)9-5-10(13)16-15-9/h1-5,14H,13H2. The van der Waals surface area contributed by atoms with Gasteiger partial charge in [0.2, 0.25) is 5.88 Å². The zero-order valence-corrected chi connectivity index (χ0v) is 8.20. The van der Waals surface area contributed by atoms with Gasteiger partial charge in [0.25, 0.3) is 0 Å². The molecule has 4 nitrogen and oxygen atoms in total. The number of para-hydroxylation sites is 1. The smallest absolute Gasteiger partial charge is 0.222 e. The van der Waals surface area contributed by atoms with Gasteiger partial charge < -0.3 is 15.2 Å². The van der Waals surface area contributed by atoms with Gasteiger partial charge in [-0.15, -0.1) is 0 Å². The summed E-state index contributed by atoms with van der Waals surface area (Å²) in [5.74, 6) is -0.0608. The van der Waals surface area contributed by atoms with E-state index in [4.69, 9.17) is 10.3 Å². The number of H-pyrrole nitrogens is 1. The van der Waals surface area contributed by atoms with Crippen LogP contribution in [0.5, 0.6) is 0 Å². The van der Waals surface area contributed by atoms with Crippen molar-refractivity contribution in [3.8, 4) is 11.4 Å². The monoisotopic (exact) mass is 217 g/mol. The number of fused-ring (bicyclic) bond motifs is 1. The molecule has 0 unspecified atom stereocenters. The number of anilines is 1. The Morgan fingerprint density at radius 3 is 2.88 bits per heavy atom. The minimum atomic E-state index is -0.291. The summed E-state index contributed by atoms with van der Waals surface area (Å²) >= 11 is 0. The largest absolute Gasteiger partial charge is 0.368 e. The van der Waals surface area contributed by atoms with E-state index in [0.29, 0.717) is 16.9 Å². The van der Waals surface area contributed by atoms with Crippen LogP contribution in [0.4, 0.5) is 10.3 Å². The SMILES string of the molecule is Nc1cc(-c2cc3cccc(F)c3[nH]2)no1. The summed E-state index contributed by atoms with van der Waals surface area (Å²) in [5, 5.41) is 4.55. The number of nitrogens with zero attached hydrogens (tertiary/aromatic N) is 1. The van der Waals surface area contributed by atoms with Crippen LogP contribution in [0.1, 0.15) is 0 Å². The van der Waals surface area contributed by atoms with Crippen LogP contribution in [0, 0.1) is 5.82 Å². The molecule has 0 saturated heterocycles. The van der Waals surface area contributed by atoms with Crippen molar-refractivity contribution in [2.24, 2.45) is 0 Å². The number of aromatic nitrogens is 2. The molecule has 2 aromatic heterocycles. The molecule has 80 valence electrons. The molecule has 0 radical (unpaired) electrons. The van der Waals surface area contributed by atoms with E-state index in [2.05, 4.69) is 10.1 Å². The molecule has 1 aromatic carbocycles. The number of hydrogen-bond donors (Lipinski definition) is 2. The van der Waals surface area contributed by atoms with Gasteiger partial charge in [-0.25, -0.2) is 4.39 Å². The molecule has 5 heteroatoms. The van der Waals surface area contributed by atoms with Crippen molar-refractivity contribution in [1.82, 2.24) is 10.1 Å². The molecule has 16 heavy (non-hydrogen) atoms. The second-order valence-corrected chi connectivity index (χ2v) is 3.50. The number of nitrogens with one attached hydrogen (secondary N) is 1. The summed E-state index contributed by atoms with van der Waals surface area (Å²) in [7, 11) is 0. The van der Waals surface area contributed by atoms with Crippen molar-refractivity contribution in [1.29, 1.82) is 0 Å². The van der Waals surface area contributed by atoms with Crippen molar-refractivity contribution in [2.45, 2.75) is 0 Å². The van der Waals surface area contributed by atoms with Gasteiger partial charge in [-0.2, -0.15) is 0 Å². The van der Waals surface area contributed by atoms with Gasteiger partial charge in [0.05, 0.1) is 11.2 Å². The van der Waals surface area contributed by atoms with Gasteiger partial charge >= 0.3 is 0 Å². The maximum Gasteiger partial charge on any atom is 0.222 e. The zero-order chi connectivity index (χ0) is 11.1. The Morgan fingerprint density at radius 1 is 1.31 bits per heavy atom. The molecule has 0 aliphatic rings. The molecule has 0 aliphatic heterocycles. The van der Waals surface area contributed by atoms with Crippen LogP contribution in [0.15, 0.2) is 34.9 Å². The summed E-state index contributed by atoms with van der Waals surface area (Å²) in [6.45, 7) is 0. The molecule has 0 aliphatic carbocycles. The Balaban J connectivity index is 2.22. The van der Waals surface area contributed by atoms with Crippen LogP contribution < -0.4 is 5.73 Å². The Hall–Kier alpha value is -2.30. The van der Waals surface area contributed by atoms with Crippen LogP contribution in [0.3, 0.4) is 0 Å². The van der Waals surface area contributed by atoms with E-state index in [0.717, 1.165) is 5.39 Å². The summed E-state index contributed by atoms with van der Waals surface area (Å²) in [6, 6.07) is 8.27. The molecule has 0 atom stereocenters. The van der Waals surface area contributed by atoms with Crippen LogP contribution in [0.25, 0.3) is 22.3 Å². The van der Waals surface area contributed by atoms with Crippen molar-refractivity contribution in [2.75, 3.05) is 5.73 Å². The number of hydrogen-bond acceptors (Lipinski definition) is 3. The molecule has 3 aromatic rings. The third-order valence-corrected chi connectivity index (χ3v) is 2.41. The predicted octanol–water partition coefficient (Wildman–Crippen LogP) is 2.54. The van der Waals surface area contributed by atoms with Crippen molar-refractivity contribution in [3.05, 3.63) is 36.1 Å². The average molecular weight is 217 g/mol. The second kappa shape index (κ2) is 3.10. The lowest BCUT2D eigenvalue weighted by Gasteiger charge is -1.89. The first-order valence-corrected chi connectivity index (χ1v) is 4.74. The van der Waals surface area contributed by atoms with E-state index in [1.165, 1.54) is 6.07 Å². The number of benzene rings is 1. The van der Waals surface area contributed by atoms with Crippen LogP contribution in [-0.4, -0.2) is 10.1 Å². The predicted molar refractivity (Wildman–Crippen MR) is 58.2 cm³/mol. The molecule has 2 heterocycles. The lowest BCUT2D eigenvalue weighted by atomic mass is 10.2. The molecule has 0 saturated carbocycles. The van der Waals surface area contributed by atoms with Crippen LogP contribution >= 0.6 is 0 Å². The number of nitrogen functional groups attached to an aromatic ring is 1. The Kier molecular flexibility index (Phi) is 1.73. The lowest BCUT2D eigenvalue weighted by Crippen LogP contribution is -1.78. The first-order chi connectivity index (χ1) is 7.74. The third-order valence-electron chi connectivity index (χ3n) is 2.41. The highest BCUT2D eigenvalue weighted by Crippen LogP contribution is 2.25. The molecule has 0 fully saturated rings. The number of nitrogens with two attached hydrogens (primary N) is 1. The van der Waals surface area contributed by atoms with Gasteiger partial charge in [0.1, 0.15) is 11.5 Å². The van der Waals surface area contributed by atoms with Gasteiger partial charge in [-0.1, -0.05) is 17.3 Å². The van der Waals surface area contributed by atoms with Gasteiger partial charge in [-0.05, 0) is 12.1 Å². The van der Waals surface area contributed by atoms with Crippen molar-refractivity contribution >= 4 is 16.8 Å². The normalized spacial score (nSPS) is 11.1. The molecular formula is C11H8FN3O. The second-order valence-electron chi connectivity index (χ2n) is 3.50. The molecule has 0 amide bonds. The maximum atomic E-state index is 13.4. The minimum absolute atomic E-state index is 0.231. The van der Waals surface area contributed by atoms with Crippen molar-refractivity contribution < 1.29 is 8.91 Å². The van der Waals surface area contributed by atoms with Gasteiger partial charge in [0.15, 0.2) is 0 Å². The maximum absolute atomic E-state index is 13.4. The molecule has 3 rings (SSSR count). The minimum Gasteiger partial charge on any atom is -0.368 e. The fraction of sp³-hybridized carbons (Fsp3) is 0. The third kappa shape index (κ3) is 1.25. The summed E-state index contributed by atoms with van der Waals surface area (Å²) in [6.07, 6.45) is 0. The van der Waals surface area contributed by atoms with E-state index < -0.39 is 0 Å². The highest BCUT2D eigenvalue weighted by atomic mass is 19.1. The topological polar surface area (TPSA) is 67.8 Å². The Bertz CT molecular complexity index is 656. The fourth-order valence-corrected chi connectivity index (χ4v) is 1.67. The van der Waals surface area contributed by atoms with E-state index in [1.807, 2.05) is 6.07 Å². The summed E-state index contributed by atoms with van der Waals surface area (Å²) in [4.78, 5) is 2.94. The first kappa shape index (κ1) is 8.96. The van der Waals surface area contributed by atoms with Crippen LogP contribution in [-0.2, 0) is 0 Å². The Labute approximate surface area is 89.9 Å². The lowest BCUT2D eigenvalue weighted by molar-refractivity contribution is 0.439. The quantitative estimate of drug-likeness (QED) is 0.658. The van der Waals surface area contributed by atoms with E-state index >= 15 is 0 Å². The highest BCUT2D eigenvalue weighted by Gasteiger charge is 2.09. The number of aromatic amines is 1. The van der Waals surface area contributed by atoms with Gasteiger partial charge in [0, 0.05) is 11.5 Å². The highest BCUT2D eigenvalue weighted by molar-refractivity contribution is 5.85. The van der Waals surface area contributed by atoms with Crippen molar-refractivity contribution in [3.63, 3.8) is 0 Å². The van der Waals surface area contributed by atoms with E-state index in [9.17, 15) is 4.39 Å². The number of halogens is 1. The molecule has 0 bridgehead atoms. The van der Waals surface area contributed by atoms with Crippen LogP contribution in [0.2, 0.25) is 0 Å².